The number of fused-ring (bicyclic) bond motifs is 3. The molecule has 0 atom stereocenters. The average molecular weight is 333 g/mol. The van der Waals surface area contributed by atoms with Gasteiger partial charge in [0, 0.05) is 23.2 Å². The predicted molar refractivity (Wildman–Crippen MR) is 97.9 cm³/mol. The summed E-state index contributed by atoms with van der Waals surface area (Å²) in [5, 5.41) is 10.1. The smallest absolute Gasteiger partial charge is 0.123 e. The normalized spacial score (nSPS) is 12.4. The van der Waals surface area contributed by atoms with Crippen molar-refractivity contribution in [1.29, 1.82) is 0 Å². The van der Waals surface area contributed by atoms with Crippen LogP contribution in [0.5, 0.6) is 0 Å². The molecule has 0 fully saturated rings. The highest BCUT2D eigenvalue weighted by Crippen LogP contribution is 2.44. The van der Waals surface area contributed by atoms with Crippen molar-refractivity contribution in [2.24, 2.45) is 0 Å². The minimum Gasteiger partial charge on any atom is -0.392 e. The maximum atomic E-state index is 13.4. The van der Waals surface area contributed by atoms with Gasteiger partial charge in [0.05, 0.1) is 12.3 Å². The fraction of sp³-hybridized carbons (Fsp3) is 0.227. The molecule has 0 radical (unpaired) electrons. The SMILES string of the molecule is CC(C)c1nc2c(c(-c3ccc(F)cc3)c1CO)Cc1ccccc1-2. The van der Waals surface area contributed by atoms with E-state index in [1.807, 2.05) is 12.1 Å². The van der Waals surface area contributed by atoms with Gasteiger partial charge in [-0.1, -0.05) is 50.2 Å². The highest BCUT2D eigenvalue weighted by atomic mass is 19.1. The molecule has 1 aliphatic rings. The second-order valence-electron chi connectivity index (χ2n) is 6.83. The molecular formula is C22H20FNO. The number of aliphatic hydroxyl groups is 1. The summed E-state index contributed by atoms with van der Waals surface area (Å²) in [6.45, 7) is 4.10. The van der Waals surface area contributed by atoms with E-state index in [1.165, 1.54) is 17.7 Å². The Bertz CT molecular complexity index is 945. The van der Waals surface area contributed by atoms with E-state index >= 15 is 0 Å². The fourth-order valence-corrected chi connectivity index (χ4v) is 3.78. The van der Waals surface area contributed by atoms with Crippen molar-refractivity contribution < 1.29 is 9.50 Å². The fourth-order valence-electron chi connectivity index (χ4n) is 3.78. The van der Waals surface area contributed by atoms with Gasteiger partial charge >= 0.3 is 0 Å². The van der Waals surface area contributed by atoms with Crippen LogP contribution in [0.3, 0.4) is 0 Å². The lowest BCUT2D eigenvalue weighted by atomic mass is 9.89. The summed E-state index contributed by atoms with van der Waals surface area (Å²) < 4.78 is 13.4. The average Bonchev–Trinajstić information content (AvgIpc) is 2.99. The van der Waals surface area contributed by atoms with Gasteiger partial charge in [0.2, 0.25) is 0 Å². The molecule has 0 saturated carbocycles. The number of pyridine rings is 1. The van der Waals surface area contributed by atoms with Crippen molar-refractivity contribution in [3.8, 4) is 22.4 Å². The largest absolute Gasteiger partial charge is 0.392 e. The Balaban J connectivity index is 2.05. The Hall–Kier alpha value is -2.52. The molecular weight excluding hydrogens is 313 g/mol. The molecule has 1 N–H and O–H groups in total. The van der Waals surface area contributed by atoms with Crippen molar-refractivity contribution in [2.45, 2.75) is 32.8 Å². The first-order valence-corrected chi connectivity index (χ1v) is 8.61. The molecule has 1 aromatic heterocycles. The van der Waals surface area contributed by atoms with E-state index in [1.54, 1.807) is 12.1 Å². The van der Waals surface area contributed by atoms with E-state index in [2.05, 4.69) is 26.0 Å². The molecule has 4 rings (SSSR count). The minimum atomic E-state index is -0.257. The van der Waals surface area contributed by atoms with Gasteiger partial charge in [0.25, 0.3) is 0 Å². The standard InChI is InChI=1S/C22H20FNO/c1-13(2)21-19(12-25)20(14-7-9-16(23)10-8-14)18-11-15-5-3-4-6-17(15)22(18)24-21/h3-10,13,25H,11-12H2,1-2H3. The Morgan fingerprint density at radius 1 is 1.08 bits per heavy atom. The quantitative estimate of drug-likeness (QED) is 0.567. The van der Waals surface area contributed by atoms with Crippen LogP contribution in [-0.2, 0) is 13.0 Å². The van der Waals surface area contributed by atoms with Gasteiger partial charge in [-0.05, 0) is 40.3 Å². The summed E-state index contributed by atoms with van der Waals surface area (Å²) in [5.41, 5.74) is 8.24. The lowest BCUT2D eigenvalue weighted by Crippen LogP contribution is -2.07. The van der Waals surface area contributed by atoms with Crippen LogP contribution >= 0.6 is 0 Å². The molecule has 25 heavy (non-hydrogen) atoms. The first-order valence-electron chi connectivity index (χ1n) is 8.61. The third-order valence-electron chi connectivity index (χ3n) is 4.91. The Kier molecular flexibility index (Phi) is 3.89. The van der Waals surface area contributed by atoms with Crippen molar-refractivity contribution in [3.05, 3.63) is 76.7 Å². The highest BCUT2D eigenvalue weighted by Gasteiger charge is 2.28. The minimum absolute atomic E-state index is 0.0726. The first kappa shape index (κ1) is 16.0. The molecule has 0 amide bonds. The third kappa shape index (κ3) is 2.56. The van der Waals surface area contributed by atoms with Crippen LogP contribution in [0.25, 0.3) is 22.4 Å². The zero-order valence-corrected chi connectivity index (χ0v) is 14.4. The summed E-state index contributed by atoms with van der Waals surface area (Å²) in [5.74, 6) is -0.0632. The molecule has 0 unspecified atom stereocenters. The van der Waals surface area contributed by atoms with Gasteiger partial charge in [0.15, 0.2) is 0 Å². The van der Waals surface area contributed by atoms with Gasteiger partial charge in [-0.15, -0.1) is 0 Å². The van der Waals surface area contributed by atoms with E-state index < -0.39 is 0 Å². The van der Waals surface area contributed by atoms with Gasteiger partial charge in [-0.3, -0.25) is 4.98 Å². The molecule has 2 aromatic carbocycles. The molecule has 3 heteroatoms. The van der Waals surface area contributed by atoms with E-state index in [4.69, 9.17) is 4.98 Å². The van der Waals surface area contributed by atoms with Crippen LogP contribution in [0.1, 0.15) is 42.1 Å². The molecule has 0 bridgehead atoms. The predicted octanol–water partition coefficient (Wildman–Crippen LogP) is 5.07. The zero-order chi connectivity index (χ0) is 17.6. The summed E-state index contributed by atoms with van der Waals surface area (Å²) in [4.78, 5) is 4.93. The topological polar surface area (TPSA) is 33.1 Å². The van der Waals surface area contributed by atoms with E-state index in [-0.39, 0.29) is 18.3 Å². The number of aliphatic hydroxyl groups excluding tert-OH is 1. The van der Waals surface area contributed by atoms with Crippen LogP contribution in [0, 0.1) is 5.82 Å². The van der Waals surface area contributed by atoms with Crippen molar-refractivity contribution in [2.75, 3.05) is 0 Å². The monoisotopic (exact) mass is 333 g/mol. The number of rotatable bonds is 3. The van der Waals surface area contributed by atoms with E-state index in [9.17, 15) is 9.50 Å². The summed E-state index contributed by atoms with van der Waals surface area (Å²) in [6, 6.07) is 14.8. The molecule has 3 aromatic rings. The van der Waals surface area contributed by atoms with Crippen LogP contribution in [0.2, 0.25) is 0 Å². The van der Waals surface area contributed by atoms with Crippen molar-refractivity contribution in [3.63, 3.8) is 0 Å². The lowest BCUT2D eigenvalue weighted by Gasteiger charge is -2.19. The van der Waals surface area contributed by atoms with Crippen LogP contribution in [0.15, 0.2) is 48.5 Å². The van der Waals surface area contributed by atoms with Crippen LogP contribution < -0.4 is 0 Å². The molecule has 126 valence electrons. The maximum absolute atomic E-state index is 13.4. The number of halogens is 1. The van der Waals surface area contributed by atoms with Gasteiger partial charge in [0.1, 0.15) is 5.82 Å². The number of nitrogens with zero attached hydrogens (tertiary/aromatic N) is 1. The molecule has 0 saturated heterocycles. The van der Waals surface area contributed by atoms with E-state index in [0.717, 1.165) is 45.6 Å². The molecule has 1 aliphatic carbocycles. The van der Waals surface area contributed by atoms with Gasteiger partial charge < -0.3 is 5.11 Å². The molecule has 0 spiro atoms. The number of hydrogen-bond donors (Lipinski definition) is 1. The van der Waals surface area contributed by atoms with Crippen molar-refractivity contribution in [1.82, 2.24) is 4.98 Å². The summed E-state index contributed by atoms with van der Waals surface area (Å²) in [7, 11) is 0. The maximum Gasteiger partial charge on any atom is 0.123 e. The van der Waals surface area contributed by atoms with Crippen molar-refractivity contribution >= 4 is 0 Å². The molecule has 0 aliphatic heterocycles. The summed E-state index contributed by atoms with van der Waals surface area (Å²) in [6.07, 6.45) is 0.788. The summed E-state index contributed by atoms with van der Waals surface area (Å²) >= 11 is 0. The van der Waals surface area contributed by atoms with Crippen LogP contribution in [0.4, 0.5) is 4.39 Å². The first-order chi connectivity index (χ1) is 12.1. The number of benzene rings is 2. The number of aromatic nitrogens is 1. The zero-order valence-electron chi connectivity index (χ0n) is 14.4. The second kappa shape index (κ2) is 6.08. The lowest BCUT2D eigenvalue weighted by molar-refractivity contribution is 0.280. The second-order valence-corrected chi connectivity index (χ2v) is 6.83. The number of hydrogen-bond acceptors (Lipinski definition) is 2. The Labute approximate surface area is 147 Å². The molecule has 1 heterocycles. The molecule has 2 nitrogen and oxygen atoms in total. The third-order valence-corrected chi connectivity index (χ3v) is 4.91. The Morgan fingerprint density at radius 3 is 2.48 bits per heavy atom. The highest BCUT2D eigenvalue weighted by molar-refractivity contribution is 5.84. The van der Waals surface area contributed by atoms with Gasteiger partial charge in [-0.2, -0.15) is 0 Å². The van der Waals surface area contributed by atoms with Gasteiger partial charge in [-0.25, -0.2) is 4.39 Å². The van der Waals surface area contributed by atoms with Crippen LogP contribution in [-0.4, -0.2) is 10.1 Å². The Morgan fingerprint density at radius 2 is 1.80 bits per heavy atom. The van der Waals surface area contributed by atoms with E-state index in [0.29, 0.717) is 0 Å².